The van der Waals surface area contributed by atoms with Gasteiger partial charge in [-0.3, -0.25) is 0 Å². The van der Waals surface area contributed by atoms with Crippen molar-refractivity contribution in [2.24, 2.45) is 5.41 Å². The van der Waals surface area contributed by atoms with E-state index in [-0.39, 0.29) is 11.2 Å². The summed E-state index contributed by atoms with van der Waals surface area (Å²) in [6.45, 7) is 4.26. The summed E-state index contributed by atoms with van der Waals surface area (Å²) in [6.07, 6.45) is 1.49. The van der Waals surface area contributed by atoms with Gasteiger partial charge < -0.3 is 5.11 Å². The molecule has 0 spiro atoms. The van der Waals surface area contributed by atoms with Crippen LogP contribution in [0.4, 0.5) is 4.39 Å². The van der Waals surface area contributed by atoms with Crippen molar-refractivity contribution in [1.82, 2.24) is 4.98 Å². The third-order valence-electron chi connectivity index (χ3n) is 3.86. The van der Waals surface area contributed by atoms with Crippen molar-refractivity contribution in [1.29, 1.82) is 0 Å². The van der Waals surface area contributed by atoms with E-state index in [1.165, 1.54) is 17.4 Å². The number of aliphatic hydroxyl groups excluding tert-OH is 1. The molecular weight excluding hydrogens is 309 g/mol. The average molecular weight is 326 g/mol. The molecular formula is C16H17ClFNOS. The summed E-state index contributed by atoms with van der Waals surface area (Å²) in [5.74, 6) is -0.309. The van der Waals surface area contributed by atoms with Crippen molar-refractivity contribution in [2.45, 2.75) is 39.2 Å². The maximum absolute atomic E-state index is 13.9. The number of hydrogen-bond acceptors (Lipinski definition) is 3. The fraction of sp³-hybridized carbons (Fsp3) is 0.438. The van der Waals surface area contributed by atoms with Crippen LogP contribution in [0, 0.1) is 11.2 Å². The zero-order chi connectivity index (χ0) is 15.2. The van der Waals surface area contributed by atoms with Crippen LogP contribution in [0.25, 0.3) is 0 Å². The van der Waals surface area contributed by atoms with Gasteiger partial charge in [-0.1, -0.05) is 31.5 Å². The minimum atomic E-state index is -0.467. The Morgan fingerprint density at radius 3 is 2.95 bits per heavy atom. The summed E-state index contributed by atoms with van der Waals surface area (Å²) in [5.41, 5.74) is 1.47. The highest BCUT2D eigenvalue weighted by Crippen LogP contribution is 2.43. The molecule has 5 heteroatoms. The van der Waals surface area contributed by atoms with Crippen LogP contribution in [0.3, 0.4) is 0 Å². The normalized spacial score (nSPS) is 20.3. The molecule has 1 N–H and O–H groups in total. The van der Waals surface area contributed by atoms with E-state index in [4.69, 9.17) is 11.6 Å². The van der Waals surface area contributed by atoms with Crippen molar-refractivity contribution >= 4 is 22.9 Å². The summed E-state index contributed by atoms with van der Waals surface area (Å²) in [7, 11) is 0. The van der Waals surface area contributed by atoms with Crippen molar-refractivity contribution in [3.63, 3.8) is 0 Å². The number of aliphatic hydroxyl groups is 1. The lowest BCUT2D eigenvalue weighted by Gasteiger charge is -2.31. The second-order valence-electron chi connectivity index (χ2n) is 6.36. The zero-order valence-electron chi connectivity index (χ0n) is 12.0. The molecule has 2 nitrogen and oxygen atoms in total. The highest BCUT2D eigenvalue weighted by atomic mass is 35.5. The first-order chi connectivity index (χ1) is 9.85. The van der Waals surface area contributed by atoms with Crippen LogP contribution >= 0.6 is 22.9 Å². The smallest absolute Gasteiger partial charge is 0.128 e. The molecule has 1 heterocycles. The van der Waals surface area contributed by atoms with Crippen LogP contribution in [-0.4, -0.2) is 10.1 Å². The Morgan fingerprint density at radius 1 is 1.48 bits per heavy atom. The lowest BCUT2D eigenvalue weighted by molar-refractivity contribution is 0.102. The van der Waals surface area contributed by atoms with Crippen LogP contribution in [0.1, 0.15) is 47.5 Å². The maximum Gasteiger partial charge on any atom is 0.128 e. The number of aromatic nitrogens is 1. The molecule has 0 aliphatic heterocycles. The molecule has 0 amide bonds. The zero-order valence-corrected chi connectivity index (χ0v) is 13.6. The molecule has 0 saturated carbocycles. The Balaban J connectivity index is 1.92. The Kier molecular flexibility index (Phi) is 3.80. The molecule has 1 unspecified atom stereocenters. The van der Waals surface area contributed by atoms with Crippen molar-refractivity contribution < 1.29 is 9.50 Å². The van der Waals surface area contributed by atoms with Crippen LogP contribution in [0.2, 0.25) is 5.02 Å². The Morgan fingerprint density at radius 2 is 2.24 bits per heavy atom. The number of nitrogens with zero attached hydrogens (tertiary/aromatic N) is 1. The molecule has 21 heavy (non-hydrogen) atoms. The summed E-state index contributed by atoms with van der Waals surface area (Å²) >= 11 is 7.54. The molecule has 1 atom stereocenters. The average Bonchev–Trinajstić information content (AvgIpc) is 2.75. The second kappa shape index (κ2) is 5.34. The molecule has 2 aromatic rings. The maximum atomic E-state index is 13.9. The van der Waals surface area contributed by atoms with Crippen LogP contribution < -0.4 is 0 Å². The quantitative estimate of drug-likeness (QED) is 0.879. The summed E-state index contributed by atoms with van der Waals surface area (Å²) < 4.78 is 13.9. The standard InChI is InChI=1S/C16H17ClFNOS/c1-16(2)7-12-15(13(20)8-16)21-14(19-12)6-9-10(17)4-3-5-11(9)18/h3-5,13,20H,6-8H2,1-2H3. The van der Waals surface area contributed by atoms with E-state index in [9.17, 15) is 9.50 Å². The van der Waals surface area contributed by atoms with E-state index < -0.39 is 6.10 Å². The van der Waals surface area contributed by atoms with Gasteiger partial charge >= 0.3 is 0 Å². The van der Waals surface area contributed by atoms with Gasteiger partial charge in [-0.25, -0.2) is 9.37 Å². The van der Waals surface area contributed by atoms with Gasteiger partial charge in [0.1, 0.15) is 5.82 Å². The van der Waals surface area contributed by atoms with E-state index in [1.807, 2.05) is 0 Å². The molecule has 1 aliphatic rings. The predicted molar refractivity (Wildman–Crippen MR) is 83.4 cm³/mol. The number of benzene rings is 1. The molecule has 0 saturated heterocycles. The van der Waals surface area contributed by atoms with E-state index in [0.717, 1.165) is 28.4 Å². The largest absolute Gasteiger partial charge is 0.387 e. The van der Waals surface area contributed by atoms with Crippen molar-refractivity contribution in [2.75, 3.05) is 0 Å². The molecule has 0 radical (unpaired) electrons. The van der Waals surface area contributed by atoms with Crippen LogP contribution in [0.5, 0.6) is 0 Å². The Labute approximate surface area is 132 Å². The second-order valence-corrected chi connectivity index (χ2v) is 7.88. The number of fused-ring (bicyclic) bond motifs is 1. The van der Waals surface area contributed by atoms with E-state index in [0.29, 0.717) is 17.0 Å². The first kappa shape index (κ1) is 14.9. The predicted octanol–water partition coefficient (Wildman–Crippen LogP) is 4.53. The lowest BCUT2D eigenvalue weighted by Crippen LogP contribution is -2.24. The highest BCUT2D eigenvalue weighted by molar-refractivity contribution is 7.11. The SMILES string of the molecule is CC1(C)Cc2nc(Cc3c(F)cccc3Cl)sc2C(O)C1. The summed E-state index contributed by atoms with van der Waals surface area (Å²) in [5, 5.41) is 11.5. The first-order valence-corrected chi connectivity index (χ1v) is 8.14. The number of hydrogen-bond donors (Lipinski definition) is 1. The Hall–Kier alpha value is -0.970. The van der Waals surface area contributed by atoms with E-state index in [2.05, 4.69) is 18.8 Å². The summed E-state index contributed by atoms with van der Waals surface area (Å²) in [6, 6.07) is 4.69. The van der Waals surface area contributed by atoms with Crippen LogP contribution in [-0.2, 0) is 12.8 Å². The molecule has 0 fully saturated rings. The van der Waals surface area contributed by atoms with Gasteiger partial charge in [-0.2, -0.15) is 0 Å². The molecule has 112 valence electrons. The number of thiazole rings is 1. The van der Waals surface area contributed by atoms with Gasteiger partial charge in [0.2, 0.25) is 0 Å². The first-order valence-electron chi connectivity index (χ1n) is 6.95. The highest BCUT2D eigenvalue weighted by Gasteiger charge is 2.34. The third-order valence-corrected chi connectivity index (χ3v) is 5.41. The molecule has 0 bridgehead atoms. The minimum Gasteiger partial charge on any atom is -0.387 e. The van der Waals surface area contributed by atoms with Gasteiger partial charge in [-0.15, -0.1) is 11.3 Å². The fourth-order valence-corrected chi connectivity index (χ4v) is 4.18. The molecule has 1 aromatic carbocycles. The van der Waals surface area contributed by atoms with E-state index >= 15 is 0 Å². The van der Waals surface area contributed by atoms with Crippen LogP contribution in [0.15, 0.2) is 18.2 Å². The van der Waals surface area contributed by atoms with Gasteiger partial charge in [0.25, 0.3) is 0 Å². The van der Waals surface area contributed by atoms with Crippen molar-refractivity contribution in [3.05, 3.63) is 50.2 Å². The third kappa shape index (κ3) is 2.98. The molecule has 3 rings (SSSR count). The van der Waals surface area contributed by atoms with Gasteiger partial charge in [0.15, 0.2) is 0 Å². The number of halogens is 2. The Bertz CT molecular complexity index is 663. The fourth-order valence-electron chi connectivity index (χ4n) is 2.87. The minimum absolute atomic E-state index is 0.0490. The molecule has 1 aliphatic carbocycles. The van der Waals surface area contributed by atoms with Crippen molar-refractivity contribution in [3.8, 4) is 0 Å². The molecule has 1 aromatic heterocycles. The van der Waals surface area contributed by atoms with Gasteiger partial charge in [0.05, 0.1) is 21.7 Å². The van der Waals surface area contributed by atoms with E-state index in [1.54, 1.807) is 12.1 Å². The topological polar surface area (TPSA) is 33.1 Å². The monoisotopic (exact) mass is 325 g/mol. The number of rotatable bonds is 2. The lowest BCUT2D eigenvalue weighted by atomic mass is 9.77. The van der Waals surface area contributed by atoms with Gasteiger partial charge in [-0.05, 0) is 30.4 Å². The van der Waals surface area contributed by atoms with Gasteiger partial charge in [0, 0.05) is 17.0 Å². The summed E-state index contributed by atoms with van der Waals surface area (Å²) in [4.78, 5) is 5.54.